The highest BCUT2D eigenvalue weighted by atomic mass is 32.1. The van der Waals surface area contributed by atoms with Crippen LogP contribution in [0.4, 0.5) is 24.7 Å². The number of nitrogens with zero attached hydrogens (tertiary/aromatic N) is 2. The molecule has 30 heavy (non-hydrogen) atoms. The van der Waals surface area contributed by atoms with Gasteiger partial charge in [0.1, 0.15) is 11.4 Å². The average molecular weight is 436 g/mol. The summed E-state index contributed by atoms with van der Waals surface area (Å²) >= 11 is 1.36. The van der Waals surface area contributed by atoms with Crippen molar-refractivity contribution in [1.82, 2.24) is 9.78 Å². The smallest absolute Gasteiger partial charge is 0.389 e. The van der Waals surface area contributed by atoms with Gasteiger partial charge in [-0.3, -0.25) is 4.79 Å². The summed E-state index contributed by atoms with van der Waals surface area (Å²) in [6, 6.07) is 7.72. The number of carbonyl (C=O) groups is 1. The molecule has 3 heterocycles. The molecule has 0 saturated carbocycles. The van der Waals surface area contributed by atoms with Gasteiger partial charge in [0.05, 0.1) is 18.3 Å². The molecule has 3 N–H and O–H groups in total. The van der Waals surface area contributed by atoms with Crippen molar-refractivity contribution in [2.24, 2.45) is 0 Å². The maximum Gasteiger partial charge on any atom is 0.410 e. The van der Waals surface area contributed by atoms with E-state index in [-0.39, 0.29) is 17.8 Å². The lowest BCUT2D eigenvalue weighted by Gasteiger charge is -2.33. The van der Waals surface area contributed by atoms with E-state index in [0.29, 0.717) is 11.3 Å². The zero-order valence-electron chi connectivity index (χ0n) is 15.8. The normalized spacial score (nSPS) is 19.6. The Bertz CT molecular complexity index is 1030. The van der Waals surface area contributed by atoms with E-state index in [9.17, 15) is 23.1 Å². The minimum Gasteiger partial charge on any atom is -0.389 e. The Labute approximate surface area is 174 Å². The molecular formula is C20H19F3N4O2S. The molecule has 1 amide bonds. The number of aromatic nitrogens is 2. The van der Waals surface area contributed by atoms with E-state index in [1.807, 2.05) is 0 Å². The molecule has 1 aromatic carbocycles. The summed E-state index contributed by atoms with van der Waals surface area (Å²) in [4.78, 5) is 13.5. The number of halogens is 3. The van der Waals surface area contributed by atoms with Gasteiger partial charge in [-0.25, -0.2) is 4.68 Å². The number of carbonyl (C=O) groups excluding carboxylic acids is 1. The summed E-state index contributed by atoms with van der Waals surface area (Å²) in [7, 11) is 0. The van der Waals surface area contributed by atoms with E-state index in [1.54, 1.807) is 48.7 Å². The standard InChI is InChI=1S/C20H19F3N4O2S/c1-11(28)12-4-6-13(7-5-12)25-19(29)14-10-24-27-17(20(21,22)23)9-15(26-18(14)27)16-3-2-8-30-16/h2-8,10-11,15,17,26,28H,9H2,1H3,(H,25,29)/t11?,15-,17+/m1/s1. The Kier molecular flexibility index (Phi) is 5.29. The Balaban J connectivity index is 1.63. The van der Waals surface area contributed by atoms with Crippen molar-refractivity contribution < 1.29 is 23.1 Å². The molecule has 4 rings (SSSR count). The Morgan fingerprint density at radius 3 is 2.67 bits per heavy atom. The molecule has 10 heteroatoms. The summed E-state index contributed by atoms with van der Waals surface area (Å²) in [6.07, 6.45) is -4.20. The van der Waals surface area contributed by atoms with E-state index in [4.69, 9.17) is 0 Å². The first-order valence-corrected chi connectivity index (χ1v) is 10.2. The zero-order chi connectivity index (χ0) is 21.5. The predicted molar refractivity (Wildman–Crippen MR) is 108 cm³/mol. The van der Waals surface area contributed by atoms with Gasteiger partial charge in [0.15, 0.2) is 6.04 Å². The highest BCUT2D eigenvalue weighted by Gasteiger charge is 2.47. The number of aliphatic hydroxyl groups is 1. The van der Waals surface area contributed by atoms with E-state index in [0.717, 1.165) is 15.8 Å². The van der Waals surface area contributed by atoms with Crippen molar-refractivity contribution in [3.63, 3.8) is 0 Å². The number of rotatable bonds is 4. The number of hydrogen-bond acceptors (Lipinski definition) is 5. The van der Waals surface area contributed by atoms with Crippen LogP contribution in [0, 0.1) is 0 Å². The number of thiophene rings is 1. The molecule has 2 aromatic heterocycles. The number of aliphatic hydroxyl groups excluding tert-OH is 1. The SMILES string of the molecule is CC(O)c1ccc(NC(=O)c2cnn3c2N[C@@H](c2cccs2)C[C@H]3C(F)(F)F)cc1. The fourth-order valence-electron chi connectivity index (χ4n) is 3.45. The highest BCUT2D eigenvalue weighted by Crippen LogP contribution is 2.45. The van der Waals surface area contributed by atoms with Crippen LogP contribution in [-0.4, -0.2) is 27.0 Å². The van der Waals surface area contributed by atoms with Crippen molar-refractivity contribution >= 4 is 28.7 Å². The maximum absolute atomic E-state index is 13.7. The van der Waals surface area contributed by atoms with Crippen LogP contribution in [-0.2, 0) is 0 Å². The summed E-state index contributed by atoms with van der Waals surface area (Å²) in [5.74, 6) is -0.527. The third-order valence-corrected chi connectivity index (χ3v) is 6.01. The minimum atomic E-state index is -4.50. The van der Waals surface area contributed by atoms with Crippen LogP contribution in [0.25, 0.3) is 0 Å². The number of benzene rings is 1. The molecule has 0 bridgehead atoms. The Hall–Kier alpha value is -2.85. The Morgan fingerprint density at radius 2 is 2.07 bits per heavy atom. The van der Waals surface area contributed by atoms with Crippen molar-refractivity contribution in [2.45, 2.75) is 37.7 Å². The number of hydrogen-bond donors (Lipinski definition) is 3. The van der Waals surface area contributed by atoms with Gasteiger partial charge >= 0.3 is 6.18 Å². The second-order valence-electron chi connectivity index (χ2n) is 7.11. The lowest BCUT2D eigenvalue weighted by Crippen LogP contribution is -2.36. The van der Waals surface area contributed by atoms with Crippen molar-refractivity contribution in [3.05, 3.63) is 64.0 Å². The van der Waals surface area contributed by atoms with Gasteiger partial charge in [0.25, 0.3) is 5.91 Å². The first-order valence-electron chi connectivity index (χ1n) is 9.27. The van der Waals surface area contributed by atoms with E-state index >= 15 is 0 Å². The van der Waals surface area contributed by atoms with Gasteiger partial charge in [-0.05, 0) is 36.1 Å². The molecule has 0 radical (unpaired) electrons. The summed E-state index contributed by atoms with van der Waals surface area (Å²) < 4.78 is 41.9. The molecule has 3 aromatic rings. The number of alkyl halides is 3. The number of anilines is 2. The van der Waals surface area contributed by atoms with Crippen LogP contribution < -0.4 is 10.6 Å². The molecule has 3 atom stereocenters. The lowest BCUT2D eigenvalue weighted by molar-refractivity contribution is -0.173. The molecule has 158 valence electrons. The van der Waals surface area contributed by atoms with Gasteiger partial charge in [-0.1, -0.05) is 18.2 Å². The number of nitrogens with one attached hydrogen (secondary N) is 2. The summed E-state index contributed by atoms with van der Waals surface area (Å²) in [5.41, 5.74) is 1.18. The van der Waals surface area contributed by atoms with E-state index in [1.165, 1.54) is 11.3 Å². The van der Waals surface area contributed by atoms with Gasteiger partial charge in [0.2, 0.25) is 0 Å². The molecule has 0 fully saturated rings. The Morgan fingerprint density at radius 1 is 1.33 bits per heavy atom. The van der Waals surface area contributed by atoms with Gasteiger partial charge in [-0.2, -0.15) is 18.3 Å². The summed E-state index contributed by atoms with van der Waals surface area (Å²) in [6.45, 7) is 1.62. The maximum atomic E-state index is 13.7. The van der Waals surface area contributed by atoms with Gasteiger partial charge in [-0.15, -0.1) is 11.3 Å². The van der Waals surface area contributed by atoms with Gasteiger partial charge in [0, 0.05) is 17.0 Å². The third-order valence-electron chi connectivity index (χ3n) is 5.02. The van der Waals surface area contributed by atoms with Crippen molar-refractivity contribution in [2.75, 3.05) is 10.6 Å². The molecule has 1 unspecified atom stereocenters. The van der Waals surface area contributed by atoms with Crippen LogP contribution in [0.5, 0.6) is 0 Å². The molecule has 0 saturated heterocycles. The van der Waals surface area contributed by atoms with Crippen molar-refractivity contribution in [3.8, 4) is 0 Å². The average Bonchev–Trinajstić information content (AvgIpc) is 3.36. The second-order valence-corrected chi connectivity index (χ2v) is 8.09. The van der Waals surface area contributed by atoms with Gasteiger partial charge < -0.3 is 15.7 Å². The monoisotopic (exact) mass is 436 g/mol. The second kappa shape index (κ2) is 7.77. The molecule has 1 aliphatic heterocycles. The lowest BCUT2D eigenvalue weighted by atomic mass is 10.0. The fourth-order valence-corrected chi connectivity index (χ4v) is 4.24. The first-order chi connectivity index (χ1) is 14.2. The van der Waals surface area contributed by atoms with Crippen LogP contribution in [0.3, 0.4) is 0 Å². The van der Waals surface area contributed by atoms with Crippen LogP contribution in [0.15, 0.2) is 48.0 Å². The van der Waals surface area contributed by atoms with Crippen LogP contribution in [0.2, 0.25) is 0 Å². The molecular weight excluding hydrogens is 417 g/mol. The largest absolute Gasteiger partial charge is 0.410 e. The fraction of sp³-hybridized carbons (Fsp3) is 0.300. The van der Waals surface area contributed by atoms with Crippen molar-refractivity contribution in [1.29, 1.82) is 0 Å². The van der Waals surface area contributed by atoms with E-state index in [2.05, 4.69) is 15.7 Å². The van der Waals surface area contributed by atoms with E-state index < -0.39 is 30.3 Å². The first kappa shape index (κ1) is 20.4. The third kappa shape index (κ3) is 3.92. The topological polar surface area (TPSA) is 79.2 Å². The molecule has 0 aliphatic carbocycles. The number of fused-ring (bicyclic) bond motifs is 1. The predicted octanol–water partition coefficient (Wildman–Crippen LogP) is 4.91. The summed E-state index contributed by atoms with van der Waals surface area (Å²) in [5, 5.41) is 21.0. The zero-order valence-corrected chi connectivity index (χ0v) is 16.7. The molecule has 1 aliphatic rings. The molecule has 0 spiro atoms. The number of amides is 1. The minimum absolute atomic E-state index is 0.0325. The highest BCUT2D eigenvalue weighted by molar-refractivity contribution is 7.10. The molecule has 6 nitrogen and oxygen atoms in total. The van der Waals surface area contributed by atoms with Crippen LogP contribution >= 0.6 is 11.3 Å². The quantitative estimate of drug-likeness (QED) is 0.543. The van der Waals surface area contributed by atoms with Crippen LogP contribution in [0.1, 0.15) is 52.3 Å².